The Bertz CT molecular complexity index is 908. The molecule has 0 atom stereocenters. The molecular formula is C21H20FN3O5. The number of anilines is 1. The van der Waals surface area contributed by atoms with Gasteiger partial charge in [0, 0.05) is 12.2 Å². The Hall–Kier alpha value is -3.93. The van der Waals surface area contributed by atoms with E-state index in [4.69, 9.17) is 10.00 Å². The lowest BCUT2D eigenvalue weighted by atomic mass is 10.1. The maximum Gasteiger partial charge on any atom is 0.407 e. The maximum atomic E-state index is 12.9. The zero-order valence-corrected chi connectivity index (χ0v) is 16.0. The molecule has 0 aliphatic rings. The van der Waals surface area contributed by atoms with Gasteiger partial charge in [0.05, 0.1) is 12.8 Å². The first kappa shape index (κ1) is 22.4. The molecule has 0 saturated heterocycles. The number of nitrogens with one attached hydrogen (secondary N) is 2. The predicted molar refractivity (Wildman–Crippen MR) is 105 cm³/mol. The molecule has 0 spiro atoms. The molecule has 0 saturated carbocycles. The standard InChI is InChI=1S/C21H20FN3O5/c22-17-5-1-15(2-6-17)13-19(26)25-18-7-3-16(4-8-18)14-30-21(28)24-11-9-20(27)29-12-10-23/h1-8H,9,11-14H2,(H,24,28)(H,25,26). The van der Waals surface area contributed by atoms with Crippen LogP contribution in [0.5, 0.6) is 0 Å². The van der Waals surface area contributed by atoms with Crippen molar-refractivity contribution in [2.24, 2.45) is 0 Å². The third-order valence-electron chi connectivity index (χ3n) is 3.78. The smallest absolute Gasteiger partial charge is 0.407 e. The summed E-state index contributed by atoms with van der Waals surface area (Å²) in [6, 6.07) is 14.1. The van der Waals surface area contributed by atoms with Gasteiger partial charge in [-0.05, 0) is 35.4 Å². The van der Waals surface area contributed by atoms with Crippen LogP contribution in [0, 0.1) is 17.1 Å². The Morgan fingerprint density at radius 1 is 0.967 bits per heavy atom. The lowest BCUT2D eigenvalue weighted by Gasteiger charge is -2.08. The van der Waals surface area contributed by atoms with Crippen LogP contribution in [-0.2, 0) is 32.1 Å². The molecule has 2 rings (SSSR count). The SMILES string of the molecule is N#CCOC(=O)CCNC(=O)OCc1ccc(NC(=O)Cc2ccc(F)cc2)cc1. The number of alkyl carbamates (subject to hydrolysis) is 1. The van der Waals surface area contributed by atoms with Crippen LogP contribution in [0.1, 0.15) is 17.5 Å². The number of carbonyl (C=O) groups excluding carboxylic acids is 3. The Balaban J connectivity index is 1.69. The fourth-order valence-corrected chi connectivity index (χ4v) is 2.33. The van der Waals surface area contributed by atoms with E-state index >= 15 is 0 Å². The van der Waals surface area contributed by atoms with E-state index in [0.29, 0.717) is 16.8 Å². The largest absolute Gasteiger partial charge is 0.450 e. The summed E-state index contributed by atoms with van der Waals surface area (Å²) in [5, 5.41) is 13.4. The van der Waals surface area contributed by atoms with Crippen molar-refractivity contribution in [3.05, 3.63) is 65.5 Å². The Morgan fingerprint density at radius 3 is 2.30 bits per heavy atom. The van der Waals surface area contributed by atoms with Crippen LogP contribution >= 0.6 is 0 Å². The molecule has 30 heavy (non-hydrogen) atoms. The first-order valence-corrected chi connectivity index (χ1v) is 9.02. The third-order valence-corrected chi connectivity index (χ3v) is 3.78. The number of ether oxygens (including phenoxy) is 2. The first-order chi connectivity index (χ1) is 14.5. The van der Waals surface area contributed by atoms with Gasteiger partial charge in [0.2, 0.25) is 5.91 Å². The normalized spacial score (nSPS) is 9.87. The van der Waals surface area contributed by atoms with Crippen LogP contribution in [0.4, 0.5) is 14.9 Å². The molecule has 0 fully saturated rings. The van der Waals surface area contributed by atoms with Crippen molar-refractivity contribution in [3.63, 3.8) is 0 Å². The van der Waals surface area contributed by atoms with Crippen molar-refractivity contribution in [3.8, 4) is 6.07 Å². The average molecular weight is 413 g/mol. The van der Waals surface area contributed by atoms with Gasteiger partial charge in [0.1, 0.15) is 18.5 Å². The van der Waals surface area contributed by atoms with Gasteiger partial charge in [0.15, 0.2) is 6.61 Å². The van der Waals surface area contributed by atoms with Crippen LogP contribution in [0.25, 0.3) is 0 Å². The summed E-state index contributed by atoms with van der Waals surface area (Å²) < 4.78 is 22.5. The highest BCUT2D eigenvalue weighted by Crippen LogP contribution is 2.12. The van der Waals surface area contributed by atoms with Crippen LogP contribution in [0.3, 0.4) is 0 Å². The van der Waals surface area contributed by atoms with E-state index in [1.54, 1.807) is 42.5 Å². The highest BCUT2D eigenvalue weighted by molar-refractivity contribution is 5.92. The molecular weight excluding hydrogens is 393 g/mol. The molecule has 0 heterocycles. The molecule has 0 radical (unpaired) electrons. The number of hydrogen-bond donors (Lipinski definition) is 2. The van der Waals surface area contributed by atoms with Gasteiger partial charge in [-0.2, -0.15) is 5.26 Å². The number of amides is 2. The predicted octanol–water partition coefficient (Wildman–Crippen LogP) is 2.69. The Labute approximate surface area is 172 Å². The van der Waals surface area contributed by atoms with Crippen LogP contribution in [0.15, 0.2) is 48.5 Å². The summed E-state index contributed by atoms with van der Waals surface area (Å²) in [6.07, 6.45) is -0.641. The minimum absolute atomic E-state index is 0.00845. The number of carbonyl (C=O) groups is 3. The molecule has 0 aromatic heterocycles. The molecule has 2 aromatic rings. The molecule has 2 N–H and O–H groups in total. The maximum absolute atomic E-state index is 12.9. The molecule has 2 amide bonds. The van der Waals surface area contributed by atoms with Crippen molar-refractivity contribution in [2.75, 3.05) is 18.5 Å². The van der Waals surface area contributed by atoms with Gasteiger partial charge < -0.3 is 20.1 Å². The quantitative estimate of drug-likeness (QED) is 0.611. The van der Waals surface area contributed by atoms with Crippen LogP contribution in [-0.4, -0.2) is 31.1 Å². The van der Waals surface area contributed by atoms with Crippen molar-refractivity contribution >= 4 is 23.7 Å². The van der Waals surface area contributed by atoms with Crippen molar-refractivity contribution in [2.45, 2.75) is 19.4 Å². The van der Waals surface area contributed by atoms with E-state index in [0.717, 1.165) is 0 Å². The van der Waals surface area contributed by atoms with Gasteiger partial charge >= 0.3 is 12.1 Å². The monoisotopic (exact) mass is 413 g/mol. The van der Waals surface area contributed by atoms with Crippen molar-refractivity contribution in [1.82, 2.24) is 5.32 Å². The summed E-state index contributed by atoms with van der Waals surface area (Å²) in [5.41, 5.74) is 1.98. The summed E-state index contributed by atoms with van der Waals surface area (Å²) in [7, 11) is 0. The second kappa shape index (κ2) is 11.8. The number of hydrogen-bond acceptors (Lipinski definition) is 6. The van der Waals surface area contributed by atoms with Gasteiger partial charge in [-0.15, -0.1) is 0 Å². The second-order valence-electron chi connectivity index (χ2n) is 6.12. The second-order valence-corrected chi connectivity index (χ2v) is 6.12. The van der Waals surface area contributed by atoms with E-state index in [1.807, 2.05) is 0 Å². The first-order valence-electron chi connectivity index (χ1n) is 9.02. The lowest BCUT2D eigenvalue weighted by Crippen LogP contribution is -2.27. The Morgan fingerprint density at radius 2 is 1.63 bits per heavy atom. The summed E-state index contributed by atoms with van der Waals surface area (Å²) in [4.78, 5) is 34.8. The van der Waals surface area contributed by atoms with Gasteiger partial charge in [-0.25, -0.2) is 9.18 Å². The molecule has 0 aliphatic carbocycles. The van der Waals surface area contributed by atoms with Crippen LogP contribution in [0.2, 0.25) is 0 Å². The van der Waals surface area contributed by atoms with Crippen molar-refractivity contribution < 1.29 is 28.2 Å². The lowest BCUT2D eigenvalue weighted by molar-refractivity contribution is -0.142. The molecule has 0 bridgehead atoms. The van der Waals surface area contributed by atoms with Crippen molar-refractivity contribution in [1.29, 1.82) is 5.26 Å². The molecule has 156 valence electrons. The number of benzene rings is 2. The molecule has 0 unspecified atom stereocenters. The van der Waals surface area contributed by atoms with Gasteiger partial charge in [0.25, 0.3) is 0 Å². The summed E-state index contributed by atoms with van der Waals surface area (Å²) in [5.74, 6) is -1.18. The van der Waals surface area contributed by atoms with Crippen LogP contribution < -0.4 is 10.6 Å². The number of nitrogens with zero attached hydrogens (tertiary/aromatic N) is 1. The fourth-order valence-electron chi connectivity index (χ4n) is 2.33. The van der Waals surface area contributed by atoms with E-state index in [-0.39, 0.29) is 44.3 Å². The number of halogens is 1. The molecule has 0 aliphatic heterocycles. The minimum Gasteiger partial charge on any atom is -0.450 e. The minimum atomic E-state index is -0.695. The topological polar surface area (TPSA) is 118 Å². The summed E-state index contributed by atoms with van der Waals surface area (Å²) >= 11 is 0. The van der Waals surface area contributed by atoms with E-state index in [9.17, 15) is 18.8 Å². The number of esters is 1. The molecule has 9 heteroatoms. The summed E-state index contributed by atoms with van der Waals surface area (Å²) in [6.45, 7) is -0.289. The van der Waals surface area contributed by atoms with E-state index in [1.165, 1.54) is 12.1 Å². The average Bonchev–Trinajstić information content (AvgIpc) is 2.73. The fraction of sp³-hybridized carbons (Fsp3) is 0.238. The third kappa shape index (κ3) is 8.39. The molecule has 8 nitrogen and oxygen atoms in total. The number of rotatable bonds is 9. The highest BCUT2D eigenvalue weighted by atomic mass is 19.1. The number of nitriles is 1. The zero-order valence-electron chi connectivity index (χ0n) is 16.0. The molecule has 2 aromatic carbocycles. The van der Waals surface area contributed by atoms with E-state index in [2.05, 4.69) is 15.4 Å². The Kier molecular flexibility index (Phi) is 8.80. The zero-order chi connectivity index (χ0) is 21.8. The highest BCUT2D eigenvalue weighted by Gasteiger charge is 2.07. The van der Waals surface area contributed by atoms with E-state index < -0.39 is 12.1 Å². The van der Waals surface area contributed by atoms with Gasteiger partial charge in [-0.3, -0.25) is 9.59 Å². The van der Waals surface area contributed by atoms with Gasteiger partial charge in [-0.1, -0.05) is 24.3 Å².